The number of esters is 1. The highest BCUT2D eigenvalue weighted by atomic mass is 35.5. The summed E-state index contributed by atoms with van der Waals surface area (Å²) in [5.74, 6) is -2.01. The van der Waals surface area contributed by atoms with Crippen molar-refractivity contribution >= 4 is 47.2 Å². The molecule has 0 unspecified atom stereocenters. The van der Waals surface area contributed by atoms with Crippen molar-refractivity contribution in [2.24, 2.45) is 0 Å². The third-order valence-electron chi connectivity index (χ3n) is 5.95. The Morgan fingerprint density at radius 2 is 1.61 bits per heavy atom. The minimum absolute atomic E-state index is 0.159. The van der Waals surface area contributed by atoms with Crippen LogP contribution in [0.25, 0.3) is 11.8 Å². The van der Waals surface area contributed by atoms with E-state index in [1.165, 1.54) is 13.2 Å². The molecule has 4 amide bonds. The number of carbonyl (C=O) groups excluding carboxylic acids is 4. The van der Waals surface area contributed by atoms with Gasteiger partial charge in [0.05, 0.1) is 23.4 Å². The van der Waals surface area contributed by atoms with E-state index in [1.807, 2.05) is 44.4 Å². The molecule has 2 heterocycles. The Morgan fingerprint density at radius 3 is 2.22 bits per heavy atom. The van der Waals surface area contributed by atoms with E-state index in [2.05, 4.69) is 5.32 Å². The molecular formula is C27H24ClN3O5. The molecular weight excluding hydrogens is 482 g/mol. The summed E-state index contributed by atoms with van der Waals surface area (Å²) in [5.41, 5.74) is 5.10. The Bertz CT molecular complexity index is 1460. The number of amides is 4. The van der Waals surface area contributed by atoms with Crippen LogP contribution in [0.2, 0.25) is 5.02 Å². The molecule has 184 valence electrons. The number of rotatable bonds is 4. The lowest BCUT2D eigenvalue weighted by Gasteiger charge is -2.27. The lowest BCUT2D eigenvalue weighted by atomic mass is 10.1. The number of urea groups is 1. The zero-order chi connectivity index (χ0) is 26.3. The van der Waals surface area contributed by atoms with Gasteiger partial charge in [0.25, 0.3) is 11.8 Å². The maximum absolute atomic E-state index is 13.3. The molecule has 9 heteroatoms. The van der Waals surface area contributed by atoms with Crippen LogP contribution in [0.4, 0.5) is 10.5 Å². The van der Waals surface area contributed by atoms with Crippen LogP contribution < -0.4 is 10.2 Å². The van der Waals surface area contributed by atoms with Crippen molar-refractivity contribution in [3.05, 3.63) is 86.7 Å². The van der Waals surface area contributed by atoms with Crippen molar-refractivity contribution in [3.63, 3.8) is 0 Å². The number of nitrogens with one attached hydrogen (secondary N) is 1. The van der Waals surface area contributed by atoms with Crippen molar-refractivity contribution in [3.8, 4) is 5.69 Å². The smallest absolute Gasteiger partial charge is 0.339 e. The highest BCUT2D eigenvalue weighted by Gasteiger charge is 2.37. The molecule has 0 spiro atoms. The number of nitrogens with zero attached hydrogens (tertiary/aromatic N) is 2. The van der Waals surface area contributed by atoms with Crippen LogP contribution in [0.15, 0.2) is 48.0 Å². The van der Waals surface area contributed by atoms with E-state index in [0.29, 0.717) is 16.9 Å². The first kappa shape index (κ1) is 24.9. The van der Waals surface area contributed by atoms with E-state index in [0.717, 1.165) is 27.4 Å². The highest BCUT2D eigenvalue weighted by Crippen LogP contribution is 2.29. The predicted molar refractivity (Wildman–Crippen MR) is 137 cm³/mol. The quantitative estimate of drug-likeness (QED) is 0.311. The number of aromatic nitrogens is 1. The van der Waals surface area contributed by atoms with Crippen LogP contribution in [-0.2, 0) is 14.3 Å². The first-order valence-corrected chi connectivity index (χ1v) is 11.5. The minimum Gasteiger partial charge on any atom is -0.465 e. The SMILES string of the molecule is COC(=O)c1ccc(-n2c(C)cc(/C=C3\C(=O)NC(=O)N(c4cc(C)cc(C)c4)C3=O)c2C)cc1Cl. The van der Waals surface area contributed by atoms with Gasteiger partial charge in [0.15, 0.2) is 0 Å². The van der Waals surface area contributed by atoms with Crippen molar-refractivity contribution in [1.29, 1.82) is 0 Å². The van der Waals surface area contributed by atoms with Gasteiger partial charge in [-0.05, 0) is 86.9 Å². The molecule has 1 N–H and O–H groups in total. The molecule has 1 aliphatic rings. The molecule has 1 saturated heterocycles. The van der Waals surface area contributed by atoms with Crippen LogP contribution in [0, 0.1) is 27.7 Å². The van der Waals surface area contributed by atoms with Crippen LogP contribution >= 0.6 is 11.6 Å². The van der Waals surface area contributed by atoms with Crippen molar-refractivity contribution in [1.82, 2.24) is 9.88 Å². The number of ether oxygens (including phenoxy) is 1. The highest BCUT2D eigenvalue weighted by molar-refractivity contribution is 6.39. The molecule has 0 atom stereocenters. The van der Waals surface area contributed by atoms with Gasteiger partial charge >= 0.3 is 12.0 Å². The van der Waals surface area contributed by atoms with Crippen molar-refractivity contribution in [2.75, 3.05) is 12.0 Å². The normalized spacial score (nSPS) is 14.9. The Morgan fingerprint density at radius 1 is 0.944 bits per heavy atom. The number of benzene rings is 2. The van der Waals surface area contributed by atoms with E-state index in [-0.39, 0.29) is 16.2 Å². The van der Waals surface area contributed by atoms with Crippen LogP contribution in [0.3, 0.4) is 0 Å². The summed E-state index contributed by atoms with van der Waals surface area (Å²) >= 11 is 6.31. The van der Waals surface area contributed by atoms with Crippen LogP contribution in [0.1, 0.15) is 38.4 Å². The predicted octanol–water partition coefficient (Wildman–Crippen LogP) is 4.82. The zero-order valence-corrected chi connectivity index (χ0v) is 21.2. The molecule has 0 saturated carbocycles. The summed E-state index contributed by atoms with van der Waals surface area (Å²) in [5, 5.41) is 2.49. The van der Waals surface area contributed by atoms with Gasteiger partial charge in [0.1, 0.15) is 5.57 Å². The molecule has 8 nitrogen and oxygen atoms in total. The maximum Gasteiger partial charge on any atom is 0.339 e. The Balaban J connectivity index is 1.75. The topological polar surface area (TPSA) is 97.7 Å². The van der Waals surface area contributed by atoms with Gasteiger partial charge in [-0.2, -0.15) is 0 Å². The van der Waals surface area contributed by atoms with Gasteiger partial charge < -0.3 is 9.30 Å². The monoisotopic (exact) mass is 505 g/mol. The summed E-state index contributed by atoms with van der Waals surface area (Å²) in [6, 6.07) is 11.3. The van der Waals surface area contributed by atoms with Gasteiger partial charge in [-0.3, -0.25) is 14.9 Å². The maximum atomic E-state index is 13.3. The summed E-state index contributed by atoms with van der Waals surface area (Å²) in [6.45, 7) is 7.43. The number of anilines is 1. The minimum atomic E-state index is -0.794. The standard InChI is InChI=1S/C27H24ClN3O5/c1-14-8-15(2)10-20(9-14)31-25(33)22(24(32)29-27(31)35)12-18-11-16(3)30(17(18)4)19-6-7-21(23(28)13-19)26(34)36-5/h6-13H,1-5H3,(H,29,32,35)/b22-12+. The number of halogens is 1. The molecule has 2 aromatic carbocycles. The molecule has 0 radical (unpaired) electrons. The average Bonchev–Trinajstić information content (AvgIpc) is 3.08. The lowest BCUT2D eigenvalue weighted by molar-refractivity contribution is -0.122. The second-order valence-corrected chi connectivity index (χ2v) is 9.03. The van der Waals surface area contributed by atoms with E-state index in [9.17, 15) is 19.2 Å². The summed E-state index contributed by atoms with van der Waals surface area (Å²) in [7, 11) is 1.28. The van der Waals surface area contributed by atoms with Gasteiger partial charge in [-0.25, -0.2) is 14.5 Å². The third kappa shape index (κ3) is 4.43. The Kier molecular flexibility index (Phi) is 6.56. The van der Waals surface area contributed by atoms with E-state index in [1.54, 1.807) is 30.3 Å². The van der Waals surface area contributed by atoms with Crippen LogP contribution in [0.5, 0.6) is 0 Å². The molecule has 1 aromatic heterocycles. The molecule has 0 aliphatic carbocycles. The summed E-state index contributed by atoms with van der Waals surface area (Å²) in [4.78, 5) is 51.4. The number of barbiturate groups is 1. The molecule has 36 heavy (non-hydrogen) atoms. The van der Waals surface area contributed by atoms with Gasteiger partial charge in [0.2, 0.25) is 0 Å². The van der Waals surface area contributed by atoms with E-state index < -0.39 is 23.8 Å². The van der Waals surface area contributed by atoms with Crippen molar-refractivity contribution in [2.45, 2.75) is 27.7 Å². The zero-order valence-electron chi connectivity index (χ0n) is 20.4. The van der Waals surface area contributed by atoms with E-state index >= 15 is 0 Å². The third-order valence-corrected chi connectivity index (χ3v) is 6.27. The number of methoxy groups -OCH3 is 1. The Hall–Kier alpha value is -4.17. The Labute approximate surface area is 213 Å². The fourth-order valence-corrected chi connectivity index (χ4v) is 4.63. The van der Waals surface area contributed by atoms with Gasteiger partial charge in [0, 0.05) is 17.1 Å². The summed E-state index contributed by atoms with van der Waals surface area (Å²) < 4.78 is 6.63. The molecule has 1 fully saturated rings. The molecule has 3 aromatic rings. The second kappa shape index (κ2) is 9.47. The molecule has 1 aliphatic heterocycles. The largest absolute Gasteiger partial charge is 0.465 e. The number of hydrogen-bond acceptors (Lipinski definition) is 5. The second-order valence-electron chi connectivity index (χ2n) is 8.62. The van der Waals surface area contributed by atoms with Crippen LogP contribution in [-0.4, -0.2) is 35.5 Å². The number of imide groups is 2. The molecule has 4 rings (SSSR count). The number of hydrogen-bond donors (Lipinski definition) is 1. The number of aryl methyl sites for hydroxylation is 3. The first-order chi connectivity index (χ1) is 17.0. The summed E-state index contributed by atoms with van der Waals surface area (Å²) in [6.07, 6.45) is 1.48. The lowest BCUT2D eigenvalue weighted by Crippen LogP contribution is -2.54. The van der Waals surface area contributed by atoms with Crippen molar-refractivity contribution < 1.29 is 23.9 Å². The first-order valence-electron chi connectivity index (χ1n) is 11.1. The van der Waals surface area contributed by atoms with Gasteiger partial charge in [-0.1, -0.05) is 17.7 Å². The molecule has 0 bridgehead atoms. The van der Waals surface area contributed by atoms with Gasteiger partial charge in [-0.15, -0.1) is 0 Å². The fraction of sp³-hybridized carbons (Fsp3) is 0.185. The number of carbonyl (C=O) groups is 4. The average molecular weight is 506 g/mol. The van der Waals surface area contributed by atoms with E-state index in [4.69, 9.17) is 16.3 Å². The fourth-order valence-electron chi connectivity index (χ4n) is 4.38.